The fourth-order valence-electron chi connectivity index (χ4n) is 4.45. The summed E-state index contributed by atoms with van der Waals surface area (Å²) in [6, 6.07) is 18.2. The van der Waals surface area contributed by atoms with E-state index in [1.807, 2.05) is 36.4 Å². The van der Waals surface area contributed by atoms with Gasteiger partial charge in [0, 0.05) is 18.3 Å². The number of rotatable bonds is 8. The van der Waals surface area contributed by atoms with Crippen LogP contribution in [0.1, 0.15) is 36.0 Å². The summed E-state index contributed by atoms with van der Waals surface area (Å²) < 4.78 is 16.8. The molecular formula is C24H26O6. The van der Waals surface area contributed by atoms with E-state index in [1.165, 1.54) is 0 Å². The molecule has 158 valence electrons. The molecule has 2 fully saturated rings. The summed E-state index contributed by atoms with van der Waals surface area (Å²) in [5.41, 5.74) is 0.501. The van der Waals surface area contributed by atoms with Gasteiger partial charge in [-0.3, -0.25) is 4.79 Å². The second-order valence-corrected chi connectivity index (χ2v) is 7.96. The maximum absolute atomic E-state index is 12.5. The van der Waals surface area contributed by atoms with Crippen LogP contribution < -0.4 is 4.74 Å². The van der Waals surface area contributed by atoms with Gasteiger partial charge in [0.05, 0.1) is 18.1 Å². The average molecular weight is 410 g/mol. The van der Waals surface area contributed by atoms with Crippen LogP contribution in [0.15, 0.2) is 60.7 Å². The number of hydrogen-bond acceptors (Lipinski definition) is 6. The third-order valence-corrected chi connectivity index (χ3v) is 5.94. The second kappa shape index (κ2) is 9.30. The molecule has 0 bridgehead atoms. The number of benzene rings is 2. The Balaban J connectivity index is 1.35. The first-order valence-corrected chi connectivity index (χ1v) is 10.4. The number of fused-ring (bicyclic) bond motifs is 1. The third kappa shape index (κ3) is 4.82. The molecule has 1 heterocycles. The number of para-hydroxylation sites is 1. The molecule has 1 saturated heterocycles. The van der Waals surface area contributed by atoms with E-state index in [9.17, 15) is 14.7 Å². The molecule has 1 saturated carbocycles. The quantitative estimate of drug-likeness (QED) is 0.672. The van der Waals surface area contributed by atoms with Gasteiger partial charge in [-0.1, -0.05) is 36.4 Å². The molecule has 1 N–H and O–H groups in total. The van der Waals surface area contributed by atoms with Gasteiger partial charge in [-0.2, -0.15) is 0 Å². The zero-order chi connectivity index (χ0) is 20.9. The summed E-state index contributed by atoms with van der Waals surface area (Å²) in [5.74, 6) is 0.136. The van der Waals surface area contributed by atoms with Crippen LogP contribution in [-0.4, -0.2) is 42.0 Å². The van der Waals surface area contributed by atoms with Crippen molar-refractivity contribution in [1.29, 1.82) is 0 Å². The minimum atomic E-state index is -0.646. The molecule has 2 aliphatic rings. The third-order valence-electron chi connectivity index (χ3n) is 5.94. The van der Waals surface area contributed by atoms with Crippen LogP contribution >= 0.6 is 0 Å². The number of ether oxygens (including phenoxy) is 3. The predicted octanol–water partition coefficient (Wildman–Crippen LogP) is 3.38. The number of carbonyl (C=O) groups excluding carboxylic acids is 2. The molecule has 6 nitrogen and oxygen atoms in total. The van der Waals surface area contributed by atoms with E-state index in [2.05, 4.69) is 0 Å². The maximum atomic E-state index is 12.5. The number of hydrogen-bond donors (Lipinski definition) is 1. The predicted molar refractivity (Wildman–Crippen MR) is 109 cm³/mol. The van der Waals surface area contributed by atoms with Gasteiger partial charge in [0.25, 0.3) is 0 Å². The van der Waals surface area contributed by atoms with Gasteiger partial charge in [-0.25, -0.2) is 4.79 Å². The lowest BCUT2D eigenvalue weighted by atomic mass is 9.87. The second-order valence-electron chi connectivity index (χ2n) is 7.96. The van der Waals surface area contributed by atoms with Gasteiger partial charge < -0.3 is 19.3 Å². The Morgan fingerprint density at radius 1 is 1.10 bits per heavy atom. The van der Waals surface area contributed by atoms with E-state index in [4.69, 9.17) is 14.2 Å². The standard InChI is InChI=1S/C24H26O6/c25-17(15-28-18-9-5-2-6-10-18)11-12-19-20-13-23(26)29-22(20)14-21(19)30-24(27)16-7-3-1-4-8-16/h1-10,17,19-22,25H,11-15H2/t17-,19-,20-,21-,22+/m1/s1. The lowest BCUT2D eigenvalue weighted by Gasteiger charge is -2.24. The molecule has 1 aliphatic carbocycles. The van der Waals surface area contributed by atoms with Crippen LogP contribution in [0, 0.1) is 11.8 Å². The fourth-order valence-corrected chi connectivity index (χ4v) is 4.45. The van der Waals surface area contributed by atoms with E-state index in [1.54, 1.807) is 24.3 Å². The van der Waals surface area contributed by atoms with E-state index >= 15 is 0 Å². The molecule has 30 heavy (non-hydrogen) atoms. The summed E-state index contributed by atoms with van der Waals surface area (Å²) in [7, 11) is 0. The lowest BCUT2D eigenvalue weighted by Crippen LogP contribution is -2.28. The van der Waals surface area contributed by atoms with Crippen molar-refractivity contribution >= 4 is 11.9 Å². The zero-order valence-electron chi connectivity index (χ0n) is 16.7. The molecule has 6 heteroatoms. The molecule has 0 unspecified atom stereocenters. The topological polar surface area (TPSA) is 82.1 Å². The van der Waals surface area contributed by atoms with E-state index in [0.29, 0.717) is 37.0 Å². The summed E-state index contributed by atoms with van der Waals surface area (Å²) in [6.45, 7) is 0.189. The van der Waals surface area contributed by atoms with E-state index < -0.39 is 6.10 Å². The first kappa shape index (κ1) is 20.4. The Bertz CT molecular complexity index is 853. The first-order chi connectivity index (χ1) is 14.6. The number of carbonyl (C=O) groups is 2. The molecule has 0 spiro atoms. The molecule has 5 atom stereocenters. The van der Waals surface area contributed by atoms with Gasteiger partial charge in [0.2, 0.25) is 0 Å². The van der Waals surface area contributed by atoms with Crippen molar-refractivity contribution in [2.24, 2.45) is 11.8 Å². The highest BCUT2D eigenvalue weighted by Crippen LogP contribution is 2.45. The van der Waals surface area contributed by atoms with E-state index in [0.717, 1.165) is 0 Å². The minimum Gasteiger partial charge on any atom is -0.491 e. The number of esters is 2. The normalized spacial score (nSPS) is 26.0. The largest absolute Gasteiger partial charge is 0.491 e. The van der Waals surface area contributed by atoms with Crippen molar-refractivity contribution in [3.8, 4) is 5.75 Å². The fraction of sp³-hybridized carbons (Fsp3) is 0.417. The highest BCUT2D eigenvalue weighted by molar-refractivity contribution is 5.89. The van der Waals surface area contributed by atoms with Gasteiger partial charge in [0.1, 0.15) is 24.6 Å². The Morgan fingerprint density at radius 2 is 1.80 bits per heavy atom. The molecule has 2 aromatic carbocycles. The Labute approximate surface area is 175 Å². The molecular weight excluding hydrogens is 384 g/mol. The maximum Gasteiger partial charge on any atom is 0.338 e. The Morgan fingerprint density at radius 3 is 2.53 bits per heavy atom. The SMILES string of the molecule is O=C1C[C@@H]2[C@@H](CC[C@@H](O)COc3ccccc3)[C@H](OC(=O)c3ccccc3)C[C@@H]2O1. The molecule has 0 aromatic heterocycles. The van der Waals surface area contributed by atoms with Gasteiger partial charge in [0.15, 0.2) is 0 Å². The molecule has 4 rings (SSSR count). The molecule has 1 aliphatic heterocycles. The Hall–Kier alpha value is -2.86. The van der Waals surface area contributed by atoms with Gasteiger partial charge in [-0.05, 0) is 37.1 Å². The monoisotopic (exact) mass is 410 g/mol. The van der Waals surface area contributed by atoms with Crippen molar-refractivity contribution < 1.29 is 28.9 Å². The van der Waals surface area contributed by atoms with Crippen molar-refractivity contribution in [2.45, 2.75) is 44.0 Å². The van der Waals surface area contributed by atoms with Gasteiger partial charge in [-0.15, -0.1) is 0 Å². The zero-order valence-corrected chi connectivity index (χ0v) is 16.7. The Kier molecular flexibility index (Phi) is 6.33. The van der Waals surface area contributed by atoms with Crippen molar-refractivity contribution in [3.05, 3.63) is 66.2 Å². The van der Waals surface area contributed by atoms with Crippen LogP contribution in [0.3, 0.4) is 0 Å². The lowest BCUT2D eigenvalue weighted by molar-refractivity contribution is -0.141. The van der Waals surface area contributed by atoms with Crippen LogP contribution in [0.25, 0.3) is 0 Å². The summed E-state index contributed by atoms with van der Waals surface area (Å²) >= 11 is 0. The molecule has 2 aromatic rings. The average Bonchev–Trinajstić information content (AvgIpc) is 3.27. The van der Waals surface area contributed by atoms with E-state index in [-0.39, 0.29) is 42.6 Å². The van der Waals surface area contributed by atoms with Crippen molar-refractivity contribution in [1.82, 2.24) is 0 Å². The van der Waals surface area contributed by atoms with Crippen molar-refractivity contribution in [3.63, 3.8) is 0 Å². The molecule has 0 radical (unpaired) electrons. The summed E-state index contributed by atoms with van der Waals surface area (Å²) in [6.07, 6.45) is 0.782. The first-order valence-electron chi connectivity index (χ1n) is 10.4. The van der Waals surface area contributed by atoms with Crippen molar-refractivity contribution in [2.75, 3.05) is 6.61 Å². The van der Waals surface area contributed by atoms with Crippen LogP contribution in [-0.2, 0) is 14.3 Å². The van der Waals surface area contributed by atoms with Crippen LogP contribution in [0.5, 0.6) is 5.75 Å². The smallest absolute Gasteiger partial charge is 0.338 e. The number of aliphatic hydroxyl groups is 1. The van der Waals surface area contributed by atoms with Crippen LogP contribution in [0.4, 0.5) is 0 Å². The summed E-state index contributed by atoms with van der Waals surface area (Å²) in [5, 5.41) is 10.4. The number of aliphatic hydroxyl groups excluding tert-OH is 1. The minimum absolute atomic E-state index is 0.0216. The molecule has 0 amide bonds. The van der Waals surface area contributed by atoms with Crippen LogP contribution in [0.2, 0.25) is 0 Å². The van der Waals surface area contributed by atoms with Gasteiger partial charge >= 0.3 is 11.9 Å². The highest BCUT2D eigenvalue weighted by Gasteiger charge is 2.51. The highest BCUT2D eigenvalue weighted by atomic mass is 16.6. The summed E-state index contributed by atoms with van der Waals surface area (Å²) in [4.78, 5) is 24.3.